The number of aryl methyl sites for hydroxylation is 1. The first-order chi connectivity index (χ1) is 11.4. The Morgan fingerprint density at radius 3 is 2.48 bits per heavy atom. The lowest BCUT2D eigenvalue weighted by Gasteiger charge is -2.29. The molecule has 1 heterocycles. The fourth-order valence-corrected chi connectivity index (χ4v) is 6.55. The molecule has 1 aliphatic rings. The maximum absolute atomic E-state index is 13.1. The summed E-state index contributed by atoms with van der Waals surface area (Å²) in [7, 11) is -7.30. The molecule has 0 saturated carbocycles. The topological polar surface area (TPSA) is 115 Å². The normalized spacial score (nSPS) is 20.3. The van der Waals surface area contributed by atoms with E-state index in [4.69, 9.17) is 0 Å². The third kappa shape index (κ3) is 4.36. The first-order valence-corrected chi connectivity index (χ1v) is 11.2. The number of nitrogens with zero attached hydrogens (tertiary/aromatic N) is 2. The molecule has 0 unspecified atom stereocenters. The van der Waals surface area contributed by atoms with Crippen molar-refractivity contribution < 1.29 is 21.8 Å². The summed E-state index contributed by atoms with van der Waals surface area (Å²) in [5, 5.41) is 11.1. The Labute approximate surface area is 148 Å². The molecule has 0 aromatic heterocycles. The van der Waals surface area contributed by atoms with Gasteiger partial charge in [-0.25, -0.2) is 16.8 Å². The van der Waals surface area contributed by atoms with Crippen molar-refractivity contribution in [2.45, 2.75) is 38.1 Å². The van der Waals surface area contributed by atoms with Crippen LogP contribution in [0.5, 0.6) is 0 Å². The van der Waals surface area contributed by atoms with Crippen LogP contribution in [0, 0.1) is 23.0 Å². The van der Waals surface area contributed by atoms with E-state index in [1.54, 1.807) is 0 Å². The largest absolute Gasteiger partial charge is 0.273 e. The van der Waals surface area contributed by atoms with Crippen LogP contribution in [0.4, 0.5) is 5.69 Å². The minimum absolute atomic E-state index is 0.0153. The van der Waals surface area contributed by atoms with E-state index in [9.17, 15) is 26.9 Å². The standard InChI is InChI=1S/C15H22N2O6S2/c1-11(2)9-16(13-6-7-24(20,21)10-13)25(22,23)14-5-4-12(3)15(8-14)17(18)19/h4-5,8,11,13H,6-7,9-10H2,1-3H3/t13-/m0/s1. The zero-order valence-electron chi connectivity index (χ0n) is 14.4. The van der Waals surface area contributed by atoms with Crippen LogP contribution in [-0.2, 0) is 19.9 Å². The molecule has 2 rings (SSSR count). The lowest BCUT2D eigenvalue weighted by molar-refractivity contribution is -0.385. The predicted octanol–water partition coefficient (Wildman–Crippen LogP) is 1.74. The Balaban J connectivity index is 2.48. The summed E-state index contributed by atoms with van der Waals surface area (Å²) in [5.74, 6) is -0.276. The molecule has 1 fully saturated rings. The maximum atomic E-state index is 13.1. The highest BCUT2D eigenvalue weighted by molar-refractivity contribution is 7.92. The van der Waals surface area contributed by atoms with Crippen LogP contribution < -0.4 is 0 Å². The third-order valence-corrected chi connectivity index (χ3v) is 7.81. The lowest BCUT2D eigenvalue weighted by Crippen LogP contribution is -2.43. The SMILES string of the molecule is Cc1ccc(S(=O)(=O)N(CC(C)C)[C@H]2CCS(=O)(=O)C2)cc1[N+](=O)[O-]. The summed E-state index contributed by atoms with van der Waals surface area (Å²) in [4.78, 5) is 10.3. The fraction of sp³-hybridized carbons (Fsp3) is 0.600. The van der Waals surface area contributed by atoms with Crippen LogP contribution >= 0.6 is 0 Å². The summed E-state index contributed by atoms with van der Waals surface area (Å²) in [6.45, 7) is 5.36. The molecular formula is C15H22N2O6S2. The van der Waals surface area contributed by atoms with Crippen molar-refractivity contribution in [1.29, 1.82) is 0 Å². The molecular weight excluding hydrogens is 368 g/mol. The van der Waals surface area contributed by atoms with E-state index in [-0.39, 0.29) is 41.0 Å². The average Bonchev–Trinajstić information content (AvgIpc) is 2.84. The van der Waals surface area contributed by atoms with Crippen LogP contribution in [0.3, 0.4) is 0 Å². The van der Waals surface area contributed by atoms with Crippen molar-refractivity contribution in [2.75, 3.05) is 18.1 Å². The Bertz CT molecular complexity index is 877. The number of nitro groups is 1. The van der Waals surface area contributed by atoms with E-state index >= 15 is 0 Å². The molecule has 0 radical (unpaired) electrons. The Hall–Kier alpha value is -1.52. The molecule has 0 spiro atoms. The van der Waals surface area contributed by atoms with Crippen molar-refractivity contribution >= 4 is 25.5 Å². The molecule has 1 aliphatic heterocycles. The van der Waals surface area contributed by atoms with Crippen LogP contribution in [0.25, 0.3) is 0 Å². The van der Waals surface area contributed by atoms with Crippen molar-refractivity contribution in [3.8, 4) is 0 Å². The summed E-state index contributed by atoms with van der Waals surface area (Å²) in [6.07, 6.45) is 0.238. The molecule has 0 bridgehead atoms. The van der Waals surface area contributed by atoms with E-state index in [1.807, 2.05) is 13.8 Å². The lowest BCUT2D eigenvalue weighted by atomic mass is 10.2. The second-order valence-corrected chi connectivity index (χ2v) is 10.9. The fourth-order valence-electron chi connectivity index (χ4n) is 2.89. The smallest absolute Gasteiger partial charge is 0.258 e. The van der Waals surface area contributed by atoms with Gasteiger partial charge >= 0.3 is 0 Å². The molecule has 1 aromatic rings. The molecule has 10 heteroatoms. The van der Waals surface area contributed by atoms with E-state index in [1.165, 1.54) is 23.4 Å². The molecule has 0 amide bonds. The maximum Gasteiger partial charge on any atom is 0.273 e. The van der Waals surface area contributed by atoms with Gasteiger partial charge in [0.25, 0.3) is 5.69 Å². The summed E-state index contributed by atoms with van der Waals surface area (Å²) < 4.78 is 50.9. The monoisotopic (exact) mass is 390 g/mol. The summed E-state index contributed by atoms with van der Waals surface area (Å²) in [6, 6.07) is 3.12. The zero-order chi connectivity index (χ0) is 19.0. The van der Waals surface area contributed by atoms with Gasteiger partial charge in [-0.15, -0.1) is 0 Å². The summed E-state index contributed by atoms with van der Waals surface area (Å²) in [5.41, 5.74) is 0.0902. The number of sulfone groups is 1. The van der Waals surface area contributed by atoms with Gasteiger partial charge in [-0.1, -0.05) is 19.9 Å². The van der Waals surface area contributed by atoms with Crippen LogP contribution in [0.1, 0.15) is 25.8 Å². The Morgan fingerprint density at radius 2 is 2.00 bits per heavy atom. The number of sulfonamides is 1. The van der Waals surface area contributed by atoms with Gasteiger partial charge in [0.1, 0.15) is 0 Å². The van der Waals surface area contributed by atoms with Crippen molar-refractivity contribution in [2.24, 2.45) is 5.92 Å². The summed E-state index contributed by atoms with van der Waals surface area (Å²) >= 11 is 0. The zero-order valence-corrected chi connectivity index (χ0v) is 16.0. The quantitative estimate of drug-likeness (QED) is 0.540. The second-order valence-electron chi connectivity index (χ2n) is 6.73. The number of hydrogen-bond acceptors (Lipinski definition) is 6. The molecule has 8 nitrogen and oxygen atoms in total. The van der Waals surface area contributed by atoms with Crippen molar-refractivity contribution in [1.82, 2.24) is 4.31 Å². The number of rotatable bonds is 6. The van der Waals surface area contributed by atoms with E-state index in [0.717, 1.165) is 6.07 Å². The van der Waals surface area contributed by atoms with Crippen molar-refractivity contribution in [3.05, 3.63) is 33.9 Å². The minimum Gasteiger partial charge on any atom is -0.258 e. The molecule has 0 N–H and O–H groups in total. The molecule has 25 heavy (non-hydrogen) atoms. The van der Waals surface area contributed by atoms with Gasteiger partial charge < -0.3 is 0 Å². The Morgan fingerprint density at radius 1 is 1.36 bits per heavy atom. The van der Waals surface area contributed by atoms with Gasteiger partial charge in [0.2, 0.25) is 10.0 Å². The predicted molar refractivity (Wildman–Crippen MR) is 93.6 cm³/mol. The van der Waals surface area contributed by atoms with Gasteiger partial charge in [-0.05, 0) is 25.3 Å². The van der Waals surface area contributed by atoms with Crippen LogP contribution in [-0.4, -0.2) is 50.2 Å². The van der Waals surface area contributed by atoms with Crippen molar-refractivity contribution in [3.63, 3.8) is 0 Å². The number of benzene rings is 1. The highest BCUT2D eigenvalue weighted by Gasteiger charge is 2.39. The minimum atomic E-state index is -4.04. The first-order valence-electron chi connectivity index (χ1n) is 7.91. The molecule has 140 valence electrons. The molecule has 1 aromatic carbocycles. The third-order valence-electron chi connectivity index (χ3n) is 4.14. The molecule has 1 atom stereocenters. The van der Waals surface area contributed by atoms with Gasteiger partial charge in [-0.3, -0.25) is 10.1 Å². The highest BCUT2D eigenvalue weighted by Crippen LogP contribution is 2.29. The van der Waals surface area contributed by atoms with Crippen LogP contribution in [0.2, 0.25) is 0 Å². The average molecular weight is 390 g/mol. The first kappa shape index (κ1) is 19.8. The molecule has 1 saturated heterocycles. The van der Waals surface area contributed by atoms with E-state index in [2.05, 4.69) is 0 Å². The highest BCUT2D eigenvalue weighted by atomic mass is 32.2. The van der Waals surface area contributed by atoms with E-state index < -0.39 is 30.8 Å². The number of nitro benzene ring substituents is 1. The van der Waals surface area contributed by atoms with Gasteiger partial charge in [0.15, 0.2) is 9.84 Å². The Kier molecular flexibility index (Phi) is 5.55. The number of hydrogen-bond donors (Lipinski definition) is 0. The van der Waals surface area contributed by atoms with Gasteiger partial charge in [-0.2, -0.15) is 4.31 Å². The van der Waals surface area contributed by atoms with Gasteiger partial charge in [0, 0.05) is 24.2 Å². The van der Waals surface area contributed by atoms with Gasteiger partial charge in [0.05, 0.1) is 21.3 Å². The molecule has 0 aliphatic carbocycles. The second kappa shape index (κ2) is 7.00. The van der Waals surface area contributed by atoms with Crippen LogP contribution in [0.15, 0.2) is 23.1 Å². The van der Waals surface area contributed by atoms with E-state index in [0.29, 0.717) is 5.56 Å².